The van der Waals surface area contributed by atoms with E-state index in [1.165, 1.54) is 12.1 Å². The van der Waals surface area contributed by atoms with Crippen molar-refractivity contribution in [3.63, 3.8) is 0 Å². The Morgan fingerprint density at radius 3 is 2.62 bits per heavy atom. The minimum absolute atomic E-state index is 0.274. The normalized spacial score (nSPS) is 13.4. The van der Waals surface area contributed by atoms with E-state index in [2.05, 4.69) is 10.4 Å². The molecule has 3 nitrogen and oxygen atoms in total. The monoisotopic (exact) mass is 297 g/mol. The quantitative estimate of drug-likeness (QED) is 0.917. The molecule has 0 bridgehead atoms. The summed E-state index contributed by atoms with van der Waals surface area (Å²) < 4.78 is 40.6. The first-order valence-electron chi connectivity index (χ1n) is 6.75. The summed E-state index contributed by atoms with van der Waals surface area (Å²) >= 11 is 0. The Kier molecular flexibility index (Phi) is 4.67. The Morgan fingerprint density at radius 2 is 2.00 bits per heavy atom. The highest BCUT2D eigenvalue weighted by Crippen LogP contribution is 2.34. The summed E-state index contributed by atoms with van der Waals surface area (Å²) in [5.41, 5.74) is 0.754. The predicted molar refractivity (Wildman–Crippen MR) is 74.8 cm³/mol. The van der Waals surface area contributed by atoms with Crippen LogP contribution in [0.2, 0.25) is 0 Å². The van der Waals surface area contributed by atoms with Gasteiger partial charge >= 0.3 is 6.18 Å². The average Bonchev–Trinajstić information content (AvgIpc) is 2.83. The van der Waals surface area contributed by atoms with Crippen LogP contribution in [0.4, 0.5) is 13.2 Å². The van der Waals surface area contributed by atoms with Crippen molar-refractivity contribution in [1.29, 1.82) is 0 Å². The maximum absolute atomic E-state index is 13.0. The van der Waals surface area contributed by atoms with Gasteiger partial charge in [-0.2, -0.15) is 18.3 Å². The van der Waals surface area contributed by atoms with Crippen molar-refractivity contribution >= 4 is 0 Å². The van der Waals surface area contributed by atoms with Crippen molar-refractivity contribution in [3.8, 4) is 0 Å². The summed E-state index contributed by atoms with van der Waals surface area (Å²) in [5, 5.41) is 7.19. The van der Waals surface area contributed by atoms with Crippen LogP contribution in [0.1, 0.15) is 29.7 Å². The smallest absolute Gasteiger partial charge is 0.310 e. The number of hydrogen-bond donors (Lipinski definition) is 1. The highest BCUT2D eigenvalue weighted by Gasteiger charge is 2.33. The van der Waals surface area contributed by atoms with Crippen molar-refractivity contribution in [2.24, 2.45) is 7.05 Å². The maximum atomic E-state index is 13.0. The third-order valence-electron chi connectivity index (χ3n) is 3.36. The van der Waals surface area contributed by atoms with Gasteiger partial charge in [-0.1, -0.05) is 18.2 Å². The molecule has 1 aromatic heterocycles. The molecular weight excluding hydrogens is 279 g/mol. The number of halogens is 3. The molecule has 1 heterocycles. The van der Waals surface area contributed by atoms with Crippen LogP contribution in [0.5, 0.6) is 0 Å². The van der Waals surface area contributed by atoms with Crippen LogP contribution in [-0.4, -0.2) is 16.3 Å². The maximum Gasteiger partial charge on any atom is 0.416 e. The van der Waals surface area contributed by atoms with Crippen LogP contribution >= 0.6 is 0 Å². The van der Waals surface area contributed by atoms with Gasteiger partial charge < -0.3 is 5.32 Å². The molecule has 1 atom stereocenters. The molecule has 0 radical (unpaired) electrons. The molecule has 1 N–H and O–H groups in total. The van der Waals surface area contributed by atoms with E-state index < -0.39 is 11.7 Å². The van der Waals surface area contributed by atoms with E-state index in [0.717, 1.165) is 18.1 Å². The molecule has 0 saturated heterocycles. The number of benzene rings is 1. The van der Waals surface area contributed by atoms with Crippen LogP contribution in [0.25, 0.3) is 0 Å². The van der Waals surface area contributed by atoms with E-state index in [9.17, 15) is 13.2 Å². The van der Waals surface area contributed by atoms with E-state index in [4.69, 9.17) is 0 Å². The molecule has 0 saturated carbocycles. The average molecular weight is 297 g/mol. The highest BCUT2D eigenvalue weighted by molar-refractivity contribution is 5.32. The SMILES string of the molecule is CC(NCCc1cnn(C)c1)c1ccccc1C(F)(F)F. The van der Waals surface area contributed by atoms with Crippen LogP contribution in [-0.2, 0) is 19.6 Å². The minimum atomic E-state index is -4.32. The Bertz CT molecular complexity index is 590. The molecule has 0 fully saturated rings. The molecule has 0 spiro atoms. The van der Waals surface area contributed by atoms with E-state index >= 15 is 0 Å². The summed E-state index contributed by atoms with van der Waals surface area (Å²) in [7, 11) is 1.83. The lowest BCUT2D eigenvalue weighted by molar-refractivity contribution is -0.138. The van der Waals surface area contributed by atoms with Gasteiger partial charge in [-0.15, -0.1) is 0 Å². The lowest BCUT2D eigenvalue weighted by atomic mass is 10.0. The second kappa shape index (κ2) is 6.30. The van der Waals surface area contributed by atoms with Gasteiger partial charge in [-0.25, -0.2) is 0 Å². The summed E-state index contributed by atoms with van der Waals surface area (Å²) in [6.07, 6.45) is 0.0638. The zero-order valence-corrected chi connectivity index (χ0v) is 12.0. The lowest BCUT2D eigenvalue weighted by Crippen LogP contribution is -2.24. The Morgan fingerprint density at radius 1 is 1.29 bits per heavy atom. The van der Waals surface area contributed by atoms with E-state index in [1.807, 2.05) is 13.2 Å². The van der Waals surface area contributed by atoms with Gasteiger partial charge in [-0.3, -0.25) is 4.68 Å². The molecule has 114 valence electrons. The van der Waals surface area contributed by atoms with Crippen molar-refractivity contribution in [2.75, 3.05) is 6.54 Å². The fourth-order valence-electron chi connectivity index (χ4n) is 2.28. The first-order chi connectivity index (χ1) is 9.88. The van der Waals surface area contributed by atoms with Crippen molar-refractivity contribution in [2.45, 2.75) is 25.6 Å². The molecular formula is C15H18F3N3. The zero-order valence-electron chi connectivity index (χ0n) is 12.0. The predicted octanol–water partition coefficient (Wildman–Crippen LogP) is 3.33. The molecule has 2 rings (SSSR count). The summed E-state index contributed by atoms with van der Waals surface area (Å²) in [5.74, 6) is 0. The Balaban J connectivity index is 1.99. The third kappa shape index (κ3) is 4.07. The van der Waals surface area contributed by atoms with Gasteiger partial charge in [0.05, 0.1) is 11.8 Å². The van der Waals surface area contributed by atoms with Crippen LogP contribution < -0.4 is 5.32 Å². The van der Waals surface area contributed by atoms with Gasteiger partial charge in [0.1, 0.15) is 0 Å². The number of aryl methyl sites for hydroxylation is 1. The Labute approximate surface area is 121 Å². The molecule has 0 amide bonds. The van der Waals surface area contributed by atoms with Gasteiger partial charge in [0.25, 0.3) is 0 Å². The van der Waals surface area contributed by atoms with Crippen molar-refractivity contribution in [1.82, 2.24) is 15.1 Å². The van der Waals surface area contributed by atoms with Crippen molar-refractivity contribution < 1.29 is 13.2 Å². The molecule has 2 aromatic rings. The molecule has 0 aliphatic heterocycles. The number of nitrogens with one attached hydrogen (secondary N) is 1. The third-order valence-corrected chi connectivity index (χ3v) is 3.36. The number of rotatable bonds is 5. The minimum Gasteiger partial charge on any atom is -0.310 e. The molecule has 1 unspecified atom stereocenters. The molecule has 0 aliphatic carbocycles. The number of aromatic nitrogens is 2. The van der Waals surface area contributed by atoms with Crippen LogP contribution in [0, 0.1) is 0 Å². The highest BCUT2D eigenvalue weighted by atomic mass is 19.4. The first-order valence-corrected chi connectivity index (χ1v) is 6.75. The fraction of sp³-hybridized carbons (Fsp3) is 0.400. The standard InChI is InChI=1S/C15H18F3N3/c1-11(19-8-7-12-9-20-21(2)10-12)13-5-3-4-6-14(13)15(16,17)18/h3-6,9-11,19H,7-8H2,1-2H3. The van der Waals surface area contributed by atoms with Gasteiger partial charge in [-0.05, 0) is 37.1 Å². The lowest BCUT2D eigenvalue weighted by Gasteiger charge is -2.19. The Hall–Kier alpha value is -1.82. The zero-order chi connectivity index (χ0) is 15.5. The number of alkyl halides is 3. The van der Waals surface area contributed by atoms with Crippen LogP contribution in [0.15, 0.2) is 36.7 Å². The summed E-state index contributed by atoms with van der Waals surface area (Å²) in [6.45, 7) is 2.34. The first kappa shape index (κ1) is 15.6. The van der Waals surface area contributed by atoms with E-state index in [0.29, 0.717) is 6.54 Å². The van der Waals surface area contributed by atoms with Crippen molar-refractivity contribution in [3.05, 3.63) is 53.3 Å². The second-order valence-electron chi connectivity index (χ2n) is 5.03. The molecule has 1 aromatic carbocycles. The molecule has 21 heavy (non-hydrogen) atoms. The van der Waals surface area contributed by atoms with E-state index in [1.54, 1.807) is 23.9 Å². The number of hydrogen-bond acceptors (Lipinski definition) is 2. The van der Waals surface area contributed by atoms with Gasteiger partial charge in [0.15, 0.2) is 0 Å². The van der Waals surface area contributed by atoms with Gasteiger partial charge in [0.2, 0.25) is 0 Å². The second-order valence-corrected chi connectivity index (χ2v) is 5.03. The fourth-order valence-corrected chi connectivity index (χ4v) is 2.28. The summed E-state index contributed by atoms with van der Waals surface area (Å²) in [4.78, 5) is 0. The van der Waals surface area contributed by atoms with E-state index in [-0.39, 0.29) is 11.6 Å². The van der Waals surface area contributed by atoms with Gasteiger partial charge in [0, 0.05) is 19.3 Å². The largest absolute Gasteiger partial charge is 0.416 e. The molecule has 6 heteroatoms. The van der Waals surface area contributed by atoms with Crippen LogP contribution in [0.3, 0.4) is 0 Å². The topological polar surface area (TPSA) is 29.9 Å². The summed E-state index contributed by atoms with van der Waals surface area (Å²) in [6, 6.07) is 5.32. The number of nitrogens with zero attached hydrogens (tertiary/aromatic N) is 2. The molecule has 0 aliphatic rings.